The van der Waals surface area contributed by atoms with Crippen molar-refractivity contribution in [3.8, 4) is 5.75 Å². The quantitative estimate of drug-likeness (QED) is 0.840. The smallest absolute Gasteiger partial charge is 0.244 e. The maximum atomic E-state index is 12.5. The van der Waals surface area contributed by atoms with Crippen molar-refractivity contribution in [3.05, 3.63) is 29.8 Å². The van der Waals surface area contributed by atoms with E-state index in [0.717, 1.165) is 18.4 Å². The van der Waals surface area contributed by atoms with Gasteiger partial charge in [-0.25, -0.2) is 0 Å². The zero-order chi connectivity index (χ0) is 15.4. The van der Waals surface area contributed by atoms with Crippen molar-refractivity contribution < 1.29 is 14.3 Å². The van der Waals surface area contributed by atoms with E-state index < -0.39 is 0 Å². The molecule has 21 heavy (non-hydrogen) atoms. The van der Waals surface area contributed by atoms with Gasteiger partial charge in [0.25, 0.3) is 0 Å². The van der Waals surface area contributed by atoms with Crippen LogP contribution in [0.3, 0.4) is 0 Å². The summed E-state index contributed by atoms with van der Waals surface area (Å²) in [5, 5.41) is 0. The molecule has 1 aromatic carbocycles. The molecule has 2 rings (SSSR count). The fraction of sp³-hybridized carbons (Fsp3) is 0.500. The van der Waals surface area contributed by atoms with Gasteiger partial charge in [0.05, 0.1) is 13.5 Å². The molecular formula is C16H22N2O3. The summed E-state index contributed by atoms with van der Waals surface area (Å²) in [6.07, 6.45) is 1.89. The molecule has 0 N–H and O–H groups in total. The summed E-state index contributed by atoms with van der Waals surface area (Å²) in [4.78, 5) is 27.9. The van der Waals surface area contributed by atoms with E-state index in [9.17, 15) is 9.59 Å². The van der Waals surface area contributed by atoms with Gasteiger partial charge < -0.3 is 14.5 Å². The number of amides is 2. The number of methoxy groups -OCH3 is 1. The van der Waals surface area contributed by atoms with Gasteiger partial charge in [-0.2, -0.15) is 0 Å². The van der Waals surface area contributed by atoms with E-state index >= 15 is 0 Å². The lowest BCUT2D eigenvalue weighted by Gasteiger charge is -2.26. The molecule has 0 spiro atoms. The Kier molecular flexibility index (Phi) is 4.83. The normalized spacial score (nSPS) is 17.7. The molecule has 1 unspecified atom stereocenters. The first-order valence-corrected chi connectivity index (χ1v) is 7.17. The molecule has 1 fully saturated rings. The zero-order valence-electron chi connectivity index (χ0n) is 12.8. The highest BCUT2D eigenvalue weighted by Crippen LogP contribution is 2.23. The topological polar surface area (TPSA) is 49.9 Å². The lowest BCUT2D eigenvalue weighted by molar-refractivity contribution is -0.141. The van der Waals surface area contributed by atoms with Crippen molar-refractivity contribution in [3.63, 3.8) is 0 Å². The van der Waals surface area contributed by atoms with E-state index in [1.807, 2.05) is 24.3 Å². The van der Waals surface area contributed by atoms with Crippen LogP contribution in [0.5, 0.6) is 5.75 Å². The first kappa shape index (κ1) is 15.4. The molecule has 1 saturated heterocycles. The van der Waals surface area contributed by atoms with E-state index in [4.69, 9.17) is 4.74 Å². The van der Waals surface area contributed by atoms with Crippen LogP contribution >= 0.6 is 0 Å². The number of nitrogens with zero attached hydrogens (tertiary/aromatic N) is 2. The fourth-order valence-corrected chi connectivity index (χ4v) is 2.73. The molecule has 0 radical (unpaired) electrons. The Hall–Kier alpha value is -2.04. The number of carbonyl (C=O) groups excluding carboxylic acids is 2. The van der Waals surface area contributed by atoms with Gasteiger partial charge in [0.2, 0.25) is 11.8 Å². The number of likely N-dealkylation sites (N-methyl/N-ethyl adjacent to an activating group) is 1. The second kappa shape index (κ2) is 6.61. The van der Waals surface area contributed by atoms with Crippen molar-refractivity contribution in [2.45, 2.75) is 25.3 Å². The van der Waals surface area contributed by atoms with E-state index in [-0.39, 0.29) is 24.3 Å². The number of carbonyl (C=O) groups is 2. The maximum Gasteiger partial charge on any atom is 0.244 e. The van der Waals surface area contributed by atoms with Gasteiger partial charge >= 0.3 is 0 Å². The molecule has 5 nitrogen and oxygen atoms in total. The molecule has 1 aliphatic heterocycles. The summed E-state index contributed by atoms with van der Waals surface area (Å²) >= 11 is 0. The Labute approximate surface area is 125 Å². The Morgan fingerprint density at radius 2 is 2.05 bits per heavy atom. The monoisotopic (exact) mass is 290 g/mol. The van der Waals surface area contributed by atoms with Gasteiger partial charge in [-0.15, -0.1) is 0 Å². The minimum atomic E-state index is -0.317. The molecule has 1 atom stereocenters. The average molecular weight is 290 g/mol. The minimum absolute atomic E-state index is 0.000812. The number of likely N-dealkylation sites (tertiary alicyclic amines) is 1. The molecular weight excluding hydrogens is 268 g/mol. The van der Waals surface area contributed by atoms with E-state index in [2.05, 4.69) is 0 Å². The van der Waals surface area contributed by atoms with Crippen LogP contribution in [0.15, 0.2) is 24.3 Å². The number of para-hydroxylation sites is 1. The van der Waals surface area contributed by atoms with Crippen molar-refractivity contribution in [1.29, 1.82) is 0 Å². The second-order valence-corrected chi connectivity index (χ2v) is 5.47. The third-order valence-electron chi connectivity index (χ3n) is 3.83. The highest BCUT2D eigenvalue weighted by molar-refractivity contribution is 5.89. The summed E-state index contributed by atoms with van der Waals surface area (Å²) in [5.74, 6) is 0.693. The van der Waals surface area contributed by atoms with E-state index in [1.54, 1.807) is 31.0 Å². The van der Waals surface area contributed by atoms with E-state index in [0.29, 0.717) is 12.3 Å². The van der Waals surface area contributed by atoms with Gasteiger partial charge in [0.1, 0.15) is 11.8 Å². The van der Waals surface area contributed by atoms with Crippen molar-refractivity contribution in [2.75, 3.05) is 27.7 Å². The van der Waals surface area contributed by atoms with E-state index in [1.165, 1.54) is 0 Å². The first-order valence-electron chi connectivity index (χ1n) is 7.17. The van der Waals surface area contributed by atoms with Crippen LogP contribution in [-0.4, -0.2) is 55.4 Å². The minimum Gasteiger partial charge on any atom is -0.496 e. The summed E-state index contributed by atoms with van der Waals surface area (Å²) in [7, 11) is 5.05. The van der Waals surface area contributed by atoms with Crippen molar-refractivity contribution in [2.24, 2.45) is 0 Å². The maximum absolute atomic E-state index is 12.5. The molecule has 0 saturated carbocycles. The van der Waals surface area contributed by atoms with Gasteiger partial charge in [-0.1, -0.05) is 18.2 Å². The molecule has 1 aliphatic rings. The Balaban J connectivity index is 2.10. The summed E-state index contributed by atoms with van der Waals surface area (Å²) in [6.45, 7) is 0.651. The Morgan fingerprint density at radius 1 is 1.33 bits per heavy atom. The predicted molar refractivity (Wildman–Crippen MR) is 80.1 cm³/mol. The van der Waals surface area contributed by atoms with Gasteiger partial charge in [-0.05, 0) is 18.9 Å². The van der Waals surface area contributed by atoms with Gasteiger partial charge in [0, 0.05) is 26.2 Å². The Bertz CT molecular complexity index is 528. The standard InChI is InChI=1S/C16H22N2O3/c1-17(2)16(20)13-8-6-10-18(13)15(19)11-12-7-4-5-9-14(12)21-3/h4-5,7,9,13H,6,8,10-11H2,1-3H3. The van der Waals surface area contributed by atoms with Crippen LogP contribution < -0.4 is 4.74 Å². The second-order valence-electron chi connectivity index (χ2n) is 5.47. The van der Waals surface area contributed by atoms with Crippen LogP contribution in [-0.2, 0) is 16.0 Å². The molecule has 0 aliphatic carbocycles. The molecule has 5 heteroatoms. The van der Waals surface area contributed by atoms with Crippen LogP contribution in [0.2, 0.25) is 0 Å². The lowest BCUT2D eigenvalue weighted by atomic mass is 10.1. The predicted octanol–water partition coefficient (Wildman–Crippen LogP) is 1.32. The molecule has 114 valence electrons. The number of hydrogen-bond donors (Lipinski definition) is 0. The summed E-state index contributed by atoms with van der Waals surface area (Å²) in [5.41, 5.74) is 0.855. The van der Waals surface area contributed by atoms with Crippen LogP contribution in [0.1, 0.15) is 18.4 Å². The average Bonchev–Trinajstić information content (AvgIpc) is 2.96. The SMILES string of the molecule is COc1ccccc1CC(=O)N1CCCC1C(=O)N(C)C. The molecule has 2 amide bonds. The van der Waals surface area contributed by atoms with Gasteiger partial charge in [-0.3, -0.25) is 9.59 Å². The van der Waals surface area contributed by atoms with Crippen molar-refractivity contribution >= 4 is 11.8 Å². The fourth-order valence-electron chi connectivity index (χ4n) is 2.73. The largest absolute Gasteiger partial charge is 0.496 e. The van der Waals surface area contributed by atoms with Crippen LogP contribution in [0.25, 0.3) is 0 Å². The number of benzene rings is 1. The molecule has 0 bridgehead atoms. The Morgan fingerprint density at radius 3 is 2.71 bits per heavy atom. The zero-order valence-corrected chi connectivity index (χ0v) is 12.8. The lowest BCUT2D eigenvalue weighted by Crippen LogP contribution is -2.46. The third-order valence-corrected chi connectivity index (χ3v) is 3.83. The summed E-state index contributed by atoms with van der Waals surface area (Å²) in [6, 6.07) is 7.17. The van der Waals surface area contributed by atoms with Crippen molar-refractivity contribution in [1.82, 2.24) is 9.80 Å². The third kappa shape index (κ3) is 3.35. The molecule has 0 aromatic heterocycles. The van der Waals surface area contributed by atoms with Crippen LogP contribution in [0, 0.1) is 0 Å². The summed E-state index contributed by atoms with van der Waals surface area (Å²) < 4.78 is 5.28. The number of ether oxygens (including phenoxy) is 1. The number of hydrogen-bond acceptors (Lipinski definition) is 3. The highest BCUT2D eigenvalue weighted by atomic mass is 16.5. The first-order chi connectivity index (χ1) is 10.0. The molecule has 1 aromatic rings. The highest BCUT2D eigenvalue weighted by Gasteiger charge is 2.34. The number of rotatable bonds is 4. The van der Waals surface area contributed by atoms with Gasteiger partial charge in [0.15, 0.2) is 0 Å². The molecule has 1 heterocycles. The van der Waals surface area contributed by atoms with Crippen LogP contribution in [0.4, 0.5) is 0 Å².